The summed E-state index contributed by atoms with van der Waals surface area (Å²) in [6, 6.07) is 7.66. The zero-order valence-electron chi connectivity index (χ0n) is 14.2. The maximum Gasteiger partial charge on any atom is 0.417 e. The Bertz CT molecular complexity index is 1270. The van der Waals surface area contributed by atoms with E-state index in [1.54, 1.807) is 6.07 Å². The summed E-state index contributed by atoms with van der Waals surface area (Å²) in [5, 5.41) is 8.63. The van der Waals surface area contributed by atoms with Crippen molar-refractivity contribution in [1.82, 2.24) is 14.6 Å². The third-order valence-corrected chi connectivity index (χ3v) is 5.37. The van der Waals surface area contributed by atoms with E-state index in [2.05, 4.69) is 10.2 Å². The van der Waals surface area contributed by atoms with Crippen LogP contribution < -0.4 is 5.63 Å². The number of thioether (sulfide) groups is 1. The second kappa shape index (κ2) is 6.82. The number of nitrogens with zero attached hydrogens (tertiary/aromatic N) is 3. The molecule has 10 heteroatoms. The Hall–Kier alpha value is -2.52. The van der Waals surface area contributed by atoms with Crippen molar-refractivity contribution in [2.24, 2.45) is 0 Å². The third kappa shape index (κ3) is 3.47. The van der Waals surface area contributed by atoms with E-state index in [4.69, 9.17) is 16.0 Å². The molecule has 0 spiro atoms. The number of hydrogen-bond acceptors (Lipinski definition) is 5. The molecule has 0 amide bonds. The van der Waals surface area contributed by atoms with Gasteiger partial charge in [0.2, 0.25) is 0 Å². The van der Waals surface area contributed by atoms with E-state index in [0.29, 0.717) is 16.9 Å². The molecule has 4 aromatic rings. The first-order valence-electron chi connectivity index (χ1n) is 8.00. The van der Waals surface area contributed by atoms with Gasteiger partial charge in [0.05, 0.1) is 10.6 Å². The fraction of sp³-hybridized carbons (Fsp3) is 0.167. The lowest BCUT2D eigenvalue weighted by molar-refractivity contribution is -0.137. The first-order chi connectivity index (χ1) is 13.2. The molecule has 4 rings (SSSR count). The maximum absolute atomic E-state index is 13.1. The van der Waals surface area contributed by atoms with E-state index < -0.39 is 17.4 Å². The summed E-state index contributed by atoms with van der Waals surface area (Å²) in [4.78, 5) is 11.8. The normalized spacial score (nSPS) is 12.2. The lowest BCUT2D eigenvalue weighted by atomic mass is 10.1. The molecule has 0 aliphatic carbocycles. The number of alkyl halides is 3. The van der Waals surface area contributed by atoms with Crippen molar-refractivity contribution in [2.45, 2.75) is 24.0 Å². The molecule has 0 unspecified atom stereocenters. The van der Waals surface area contributed by atoms with E-state index in [0.717, 1.165) is 35.0 Å². The Morgan fingerprint density at radius 1 is 1.21 bits per heavy atom. The molecule has 28 heavy (non-hydrogen) atoms. The molecule has 0 aliphatic heterocycles. The molecule has 0 saturated carbocycles. The molecule has 0 bridgehead atoms. The summed E-state index contributed by atoms with van der Waals surface area (Å²) in [6.07, 6.45) is -3.64. The second-order valence-electron chi connectivity index (χ2n) is 6.13. The predicted octanol–water partition coefficient (Wildman–Crippen LogP) is 5.11. The quantitative estimate of drug-likeness (QED) is 0.337. The number of rotatable bonds is 3. The Balaban J connectivity index is 1.73. The van der Waals surface area contributed by atoms with Crippen molar-refractivity contribution >= 4 is 40.0 Å². The van der Waals surface area contributed by atoms with Crippen LogP contribution in [-0.2, 0) is 11.9 Å². The number of pyridine rings is 1. The van der Waals surface area contributed by atoms with Gasteiger partial charge >= 0.3 is 11.8 Å². The molecule has 0 fully saturated rings. The minimum Gasteiger partial charge on any atom is -0.423 e. The van der Waals surface area contributed by atoms with Crippen molar-refractivity contribution in [3.05, 3.63) is 68.7 Å². The van der Waals surface area contributed by atoms with Gasteiger partial charge in [-0.15, -0.1) is 10.2 Å². The molecule has 0 atom stereocenters. The van der Waals surface area contributed by atoms with Crippen LogP contribution in [0.25, 0.3) is 16.6 Å². The number of fused-ring (bicyclic) bond motifs is 2. The van der Waals surface area contributed by atoms with Crippen LogP contribution in [0.5, 0.6) is 0 Å². The van der Waals surface area contributed by atoms with Gasteiger partial charge in [-0.1, -0.05) is 35.5 Å². The van der Waals surface area contributed by atoms with Gasteiger partial charge in [0.15, 0.2) is 10.8 Å². The van der Waals surface area contributed by atoms with Gasteiger partial charge in [0, 0.05) is 23.4 Å². The number of halogens is 4. The van der Waals surface area contributed by atoms with E-state index in [9.17, 15) is 18.0 Å². The first-order valence-corrected chi connectivity index (χ1v) is 9.36. The van der Waals surface area contributed by atoms with E-state index >= 15 is 0 Å². The SMILES string of the molecule is Cc1ccc2c(CSc3nnc4c(Cl)cc(C(F)(F)F)cn34)cc(=O)oc2c1. The topological polar surface area (TPSA) is 60.4 Å². The van der Waals surface area contributed by atoms with Gasteiger partial charge in [0.25, 0.3) is 0 Å². The Morgan fingerprint density at radius 2 is 2.00 bits per heavy atom. The predicted molar refractivity (Wildman–Crippen MR) is 99.8 cm³/mol. The summed E-state index contributed by atoms with van der Waals surface area (Å²) in [5.41, 5.74) is 0.821. The fourth-order valence-electron chi connectivity index (χ4n) is 2.79. The van der Waals surface area contributed by atoms with Crippen LogP contribution in [0.15, 0.2) is 50.9 Å². The highest BCUT2D eigenvalue weighted by Gasteiger charge is 2.32. The zero-order chi connectivity index (χ0) is 20.1. The average Bonchev–Trinajstić information content (AvgIpc) is 3.02. The molecule has 3 heterocycles. The summed E-state index contributed by atoms with van der Waals surface area (Å²) in [7, 11) is 0. The smallest absolute Gasteiger partial charge is 0.417 e. The van der Waals surface area contributed by atoms with Gasteiger partial charge in [-0.2, -0.15) is 13.2 Å². The second-order valence-corrected chi connectivity index (χ2v) is 7.48. The van der Waals surface area contributed by atoms with Crippen molar-refractivity contribution in [2.75, 3.05) is 0 Å². The standard InChI is InChI=1S/C18H11ClF3N3O2S/c1-9-2-3-12-10(5-15(26)27-14(12)4-9)8-28-17-24-23-16-13(19)6-11(7-25(16)17)18(20,21)22/h2-7H,8H2,1H3. The Labute approximate surface area is 165 Å². The third-order valence-electron chi connectivity index (χ3n) is 4.10. The Kier molecular flexibility index (Phi) is 4.59. The molecule has 0 radical (unpaired) electrons. The molecular formula is C18H11ClF3N3O2S. The number of benzene rings is 1. The fourth-order valence-corrected chi connectivity index (χ4v) is 3.93. The van der Waals surface area contributed by atoms with Gasteiger partial charge in [-0.25, -0.2) is 4.79 Å². The van der Waals surface area contributed by atoms with Crippen LogP contribution in [0, 0.1) is 6.92 Å². The molecule has 0 aliphatic rings. The van der Waals surface area contributed by atoms with Crippen LogP contribution in [0.1, 0.15) is 16.7 Å². The van der Waals surface area contributed by atoms with Crippen molar-refractivity contribution in [1.29, 1.82) is 0 Å². The van der Waals surface area contributed by atoms with Crippen LogP contribution in [0.4, 0.5) is 13.2 Å². The number of aromatic nitrogens is 3. The van der Waals surface area contributed by atoms with E-state index in [1.807, 2.05) is 19.1 Å². The summed E-state index contributed by atoms with van der Waals surface area (Å²) >= 11 is 7.07. The molecule has 0 N–H and O–H groups in total. The average molecular weight is 426 g/mol. The summed E-state index contributed by atoms with van der Waals surface area (Å²) in [6.45, 7) is 1.88. The van der Waals surface area contributed by atoms with Gasteiger partial charge in [-0.3, -0.25) is 4.40 Å². The highest BCUT2D eigenvalue weighted by atomic mass is 35.5. The Morgan fingerprint density at radius 3 is 2.75 bits per heavy atom. The largest absolute Gasteiger partial charge is 0.423 e. The number of hydrogen-bond donors (Lipinski definition) is 0. The van der Waals surface area contributed by atoms with E-state index in [-0.39, 0.29) is 15.8 Å². The van der Waals surface area contributed by atoms with Crippen molar-refractivity contribution in [3.63, 3.8) is 0 Å². The molecule has 1 aromatic carbocycles. The maximum atomic E-state index is 13.1. The van der Waals surface area contributed by atoms with Crippen molar-refractivity contribution in [3.8, 4) is 0 Å². The molecular weight excluding hydrogens is 415 g/mol. The summed E-state index contributed by atoms with van der Waals surface area (Å²) in [5.74, 6) is 0.291. The lowest BCUT2D eigenvalue weighted by Gasteiger charge is -2.09. The van der Waals surface area contributed by atoms with Gasteiger partial charge < -0.3 is 4.42 Å². The minimum absolute atomic E-state index is 0.130. The van der Waals surface area contributed by atoms with Crippen LogP contribution in [0.3, 0.4) is 0 Å². The highest BCUT2D eigenvalue weighted by molar-refractivity contribution is 7.98. The van der Waals surface area contributed by atoms with Crippen LogP contribution in [0.2, 0.25) is 5.02 Å². The first kappa shape index (κ1) is 18.8. The monoisotopic (exact) mass is 425 g/mol. The summed E-state index contributed by atoms with van der Waals surface area (Å²) < 4.78 is 45.6. The highest BCUT2D eigenvalue weighted by Crippen LogP contribution is 2.34. The molecule has 5 nitrogen and oxygen atoms in total. The van der Waals surface area contributed by atoms with Crippen LogP contribution in [-0.4, -0.2) is 14.6 Å². The number of aryl methyl sites for hydroxylation is 1. The zero-order valence-corrected chi connectivity index (χ0v) is 15.8. The van der Waals surface area contributed by atoms with Crippen LogP contribution >= 0.6 is 23.4 Å². The minimum atomic E-state index is -4.55. The van der Waals surface area contributed by atoms with Crippen molar-refractivity contribution < 1.29 is 17.6 Å². The van der Waals surface area contributed by atoms with Gasteiger partial charge in [0.1, 0.15) is 5.58 Å². The molecule has 144 valence electrons. The molecule has 0 saturated heterocycles. The van der Waals surface area contributed by atoms with E-state index in [1.165, 1.54) is 10.5 Å². The van der Waals surface area contributed by atoms with Gasteiger partial charge in [-0.05, 0) is 30.2 Å². The molecule has 3 aromatic heterocycles. The lowest BCUT2D eigenvalue weighted by Crippen LogP contribution is -2.07.